The normalized spacial score (nSPS) is 17.6. The molecule has 0 radical (unpaired) electrons. The summed E-state index contributed by atoms with van der Waals surface area (Å²) in [6, 6.07) is 10.1. The van der Waals surface area contributed by atoms with Crippen molar-refractivity contribution in [1.29, 1.82) is 0 Å². The Hall–Kier alpha value is -2.00. The standard InChI is InChI=1S/C18H15NOS/c20-18(15-6-3-7-17-14(15)8-9-21-17)16-11-19-10-12-4-1-2-5-13(12)16/h1-2,4-5,8-11,15H,3,6-7H2. The maximum absolute atomic E-state index is 13.0. The molecule has 1 aromatic carbocycles. The highest BCUT2D eigenvalue weighted by molar-refractivity contribution is 7.10. The first-order chi connectivity index (χ1) is 10.3. The van der Waals surface area contributed by atoms with Crippen LogP contribution >= 0.6 is 11.3 Å². The van der Waals surface area contributed by atoms with Crippen molar-refractivity contribution >= 4 is 27.9 Å². The Morgan fingerprint density at radius 3 is 3.05 bits per heavy atom. The zero-order valence-corrected chi connectivity index (χ0v) is 12.4. The number of aryl methyl sites for hydroxylation is 1. The van der Waals surface area contributed by atoms with Crippen molar-refractivity contribution in [1.82, 2.24) is 4.98 Å². The first-order valence-corrected chi connectivity index (χ1v) is 8.16. The summed E-state index contributed by atoms with van der Waals surface area (Å²) in [5, 5.41) is 4.15. The molecule has 0 N–H and O–H groups in total. The smallest absolute Gasteiger partial charge is 0.172 e. The summed E-state index contributed by atoms with van der Waals surface area (Å²) in [4.78, 5) is 18.7. The molecule has 0 spiro atoms. The summed E-state index contributed by atoms with van der Waals surface area (Å²) in [5.41, 5.74) is 2.00. The molecule has 1 unspecified atom stereocenters. The summed E-state index contributed by atoms with van der Waals surface area (Å²) < 4.78 is 0. The van der Waals surface area contributed by atoms with E-state index in [1.807, 2.05) is 30.5 Å². The van der Waals surface area contributed by atoms with Crippen LogP contribution in [0.4, 0.5) is 0 Å². The molecule has 1 atom stereocenters. The van der Waals surface area contributed by atoms with Crippen LogP contribution in [-0.2, 0) is 6.42 Å². The Morgan fingerprint density at radius 2 is 2.10 bits per heavy atom. The van der Waals surface area contributed by atoms with Crippen molar-refractivity contribution in [2.45, 2.75) is 25.2 Å². The fraction of sp³-hybridized carbons (Fsp3) is 0.222. The maximum atomic E-state index is 13.0. The van der Waals surface area contributed by atoms with Gasteiger partial charge in [0.15, 0.2) is 5.78 Å². The van der Waals surface area contributed by atoms with Crippen molar-refractivity contribution in [3.8, 4) is 0 Å². The van der Waals surface area contributed by atoms with Gasteiger partial charge in [0.2, 0.25) is 0 Å². The van der Waals surface area contributed by atoms with Gasteiger partial charge in [-0.05, 0) is 41.7 Å². The second-order valence-electron chi connectivity index (χ2n) is 5.52. The molecule has 2 aromatic heterocycles. The molecule has 3 aromatic rings. The molecule has 0 aliphatic heterocycles. The molecule has 1 aliphatic carbocycles. The predicted octanol–water partition coefficient (Wildman–Crippen LogP) is 4.60. The molecule has 1 aliphatic rings. The number of nitrogens with zero attached hydrogens (tertiary/aromatic N) is 1. The molecule has 2 nitrogen and oxygen atoms in total. The molecular weight excluding hydrogens is 278 g/mol. The van der Waals surface area contributed by atoms with E-state index in [1.54, 1.807) is 17.5 Å². The predicted molar refractivity (Wildman–Crippen MR) is 86.1 cm³/mol. The van der Waals surface area contributed by atoms with Crippen LogP contribution in [0.1, 0.15) is 39.6 Å². The average Bonchev–Trinajstić information content (AvgIpc) is 3.02. The van der Waals surface area contributed by atoms with E-state index in [0.717, 1.165) is 35.6 Å². The third kappa shape index (κ3) is 2.09. The van der Waals surface area contributed by atoms with E-state index in [0.29, 0.717) is 0 Å². The minimum atomic E-state index is 0.00704. The largest absolute Gasteiger partial charge is 0.293 e. The van der Waals surface area contributed by atoms with Crippen LogP contribution in [0.25, 0.3) is 10.8 Å². The molecule has 0 bridgehead atoms. The molecule has 0 saturated carbocycles. The van der Waals surface area contributed by atoms with Gasteiger partial charge in [0.1, 0.15) is 0 Å². The van der Waals surface area contributed by atoms with Crippen molar-refractivity contribution in [3.05, 3.63) is 64.1 Å². The molecular formula is C18H15NOS. The molecule has 0 amide bonds. The van der Waals surface area contributed by atoms with Gasteiger partial charge in [-0.1, -0.05) is 24.3 Å². The number of fused-ring (bicyclic) bond motifs is 2. The van der Waals surface area contributed by atoms with Crippen LogP contribution in [0.15, 0.2) is 48.1 Å². The monoisotopic (exact) mass is 293 g/mol. The van der Waals surface area contributed by atoms with E-state index < -0.39 is 0 Å². The number of carbonyl (C=O) groups is 1. The van der Waals surface area contributed by atoms with Gasteiger partial charge in [-0.3, -0.25) is 9.78 Å². The van der Waals surface area contributed by atoms with Crippen molar-refractivity contribution in [2.75, 3.05) is 0 Å². The quantitative estimate of drug-likeness (QED) is 0.646. The lowest BCUT2D eigenvalue weighted by atomic mass is 9.82. The Kier molecular flexibility index (Phi) is 3.08. The molecule has 3 heteroatoms. The number of Topliss-reactive ketones (excluding diaryl/α,β-unsaturated/α-hetero) is 1. The van der Waals surface area contributed by atoms with Crippen LogP contribution in [-0.4, -0.2) is 10.8 Å². The van der Waals surface area contributed by atoms with Crippen LogP contribution in [0.2, 0.25) is 0 Å². The molecule has 4 rings (SSSR count). The van der Waals surface area contributed by atoms with Crippen LogP contribution in [0.3, 0.4) is 0 Å². The zero-order valence-electron chi connectivity index (χ0n) is 11.6. The highest BCUT2D eigenvalue weighted by atomic mass is 32.1. The number of thiophene rings is 1. The summed E-state index contributed by atoms with van der Waals surface area (Å²) in [6.45, 7) is 0. The molecule has 0 fully saturated rings. The fourth-order valence-electron chi connectivity index (χ4n) is 3.26. The maximum Gasteiger partial charge on any atom is 0.172 e. The van der Waals surface area contributed by atoms with E-state index in [4.69, 9.17) is 0 Å². The summed E-state index contributed by atoms with van der Waals surface area (Å²) in [7, 11) is 0. The topological polar surface area (TPSA) is 30.0 Å². The third-order valence-corrected chi connectivity index (χ3v) is 5.30. The first kappa shape index (κ1) is 12.7. The summed E-state index contributed by atoms with van der Waals surface area (Å²) >= 11 is 1.78. The number of rotatable bonds is 2. The van der Waals surface area contributed by atoms with Gasteiger partial charge >= 0.3 is 0 Å². The highest BCUT2D eigenvalue weighted by Crippen LogP contribution is 2.37. The van der Waals surface area contributed by atoms with Gasteiger partial charge in [0.05, 0.1) is 0 Å². The lowest BCUT2D eigenvalue weighted by Gasteiger charge is -2.21. The van der Waals surface area contributed by atoms with E-state index in [9.17, 15) is 4.79 Å². The van der Waals surface area contributed by atoms with Gasteiger partial charge in [-0.15, -0.1) is 11.3 Å². The van der Waals surface area contributed by atoms with Crippen molar-refractivity contribution in [2.24, 2.45) is 0 Å². The van der Waals surface area contributed by atoms with E-state index in [-0.39, 0.29) is 11.7 Å². The van der Waals surface area contributed by atoms with Gasteiger partial charge < -0.3 is 0 Å². The highest BCUT2D eigenvalue weighted by Gasteiger charge is 2.29. The van der Waals surface area contributed by atoms with Gasteiger partial charge in [0.25, 0.3) is 0 Å². The number of benzene rings is 1. The SMILES string of the molecule is O=C(c1cncc2ccccc12)C1CCCc2sccc21. The number of hydrogen-bond acceptors (Lipinski definition) is 3. The minimum Gasteiger partial charge on any atom is -0.293 e. The lowest BCUT2D eigenvalue weighted by molar-refractivity contribution is 0.0952. The number of carbonyl (C=O) groups excluding carboxylic acids is 1. The third-order valence-electron chi connectivity index (χ3n) is 4.30. The fourth-order valence-corrected chi connectivity index (χ4v) is 4.25. The Labute approximate surface area is 127 Å². The Balaban J connectivity index is 1.82. The molecule has 104 valence electrons. The number of aromatic nitrogens is 1. The number of hydrogen-bond donors (Lipinski definition) is 0. The van der Waals surface area contributed by atoms with Gasteiger partial charge in [0, 0.05) is 34.1 Å². The second kappa shape index (κ2) is 5.08. The second-order valence-corrected chi connectivity index (χ2v) is 6.52. The van der Waals surface area contributed by atoms with Crippen LogP contribution in [0, 0.1) is 0 Å². The van der Waals surface area contributed by atoms with Crippen LogP contribution in [0.5, 0.6) is 0 Å². The summed E-state index contributed by atoms with van der Waals surface area (Å²) in [6.07, 6.45) is 6.72. The minimum absolute atomic E-state index is 0.00704. The summed E-state index contributed by atoms with van der Waals surface area (Å²) in [5.74, 6) is 0.228. The van der Waals surface area contributed by atoms with Crippen LogP contribution < -0.4 is 0 Å². The average molecular weight is 293 g/mol. The van der Waals surface area contributed by atoms with Crippen molar-refractivity contribution < 1.29 is 4.79 Å². The first-order valence-electron chi connectivity index (χ1n) is 7.28. The van der Waals surface area contributed by atoms with E-state index >= 15 is 0 Å². The van der Waals surface area contributed by atoms with Gasteiger partial charge in [-0.25, -0.2) is 0 Å². The Bertz CT molecular complexity index is 815. The number of pyridine rings is 1. The van der Waals surface area contributed by atoms with E-state index in [1.165, 1.54) is 10.4 Å². The molecule has 0 saturated heterocycles. The van der Waals surface area contributed by atoms with E-state index in [2.05, 4.69) is 16.4 Å². The Morgan fingerprint density at radius 1 is 1.19 bits per heavy atom. The zero-order chi connectivity index (χ0) is 14.2. The number of ketones is 1. The molecule has 21 heavy (non-hydrogen) atoms. The van der Waals surface area contributed by atoms with Crippen molar-refractivity contribution in [3.63, 3.8) is 0 Å². The molecule has 2 heterocycles. The lowest BCUT2D eigenvalue weighted by Crippen LogP contribution is -2.17. The van der Waals surface area contributed by atoms with Gasteiger partial charge in [-0.2, -0.15) is 0 Å².